The number of carbonyl (C=O) groups is 1. The maximum atomic E-state index is 12.6. The fourth-order valence-corrected chi connectivity index (χ4v) is 2.81. The maximum Gasteiger partial charge on any atom is 0.270 e. The molecule has 4 rings (SSSR count). The van der Waals surface area contributed by atoms with Gasteiger partial charge in [-0.3, -0.25) is 14.2 Å². The molecule has 4 aromatic rings. The Hall–Kier alpha value is -3.41. The summed E-state index contributed by atoms with van der Waals surface area (Å²) in [6, 6.07) is 11.3. The molecule has 4 heterocycles. The molecule has 4 aromatic heterocycles. The molecule has 124 valence electrons. The maximum absolute atomic E-state index is 12.6. The van der Waals surface area contributed by atoms with Gasteiger partial charge in [-0.1, -0.05) is 6.07 Å². The van der Waals surface area contributed by atoms with Gasteiger partial charge in [-0.05, 0) is 42.8 Å². The second kappa shape index (κ2) is 6.24. The summed E-state index contributed by atoms with van der Waals surface area (Å²) in [6.45, 7) is 2.21. The summed E-state index contributed by atoms with van der Waals surface area (Å²) in [5.74, 6) is 0.581. The molecule has 0 unspecified atom stereocenters. The lowest BCUT2D eigenvalue weighted by Gasteiger charge is -2.07. The van der Waals surface area contributed by atoms with Crippen molar-refractivity contribution in [3.63, 3.8) is 0 Å². The smallest absolute Gasteiger partial charge is 0.270 e. The lowest BCUT2D eigenvalue weighted by atomic mass is 10.1. The summed E-state index contributed by atoms with van der Waals surface area (Å²) in [7, 11) is 0. The standard InChI is InChI=1S/C19H16N4O2/c1-13-18(23-7-3-2-6-17(23)22-13)19(24)21-11-14-9-15(12-20-10-14)16-5-4-8-25-16/h2-10,12H,11H2,1H3,(H,21,24). The first-order valence-corrected chi connectivity index (χ1v) is 7.92. The predicted octanol–water partition coefficient (Wildman–Crippen LogP) is 3.23. The summed E-state index contributed by atoms with van der Waals surface area (Å²) in [4.78, 5) is 21.3. The van der Waals surface area contributed by atoms with E-state index in [0.717, 1.165) is 22.5 Å². The van der Waals surface area contributed by atoms with E-state index >= 15 is 0 Å². The zero-order valence-corrected chi connectivity index (χ0v) is 13.6. The monoisotopic (exact) mass is 332 g/mol. The molecule has 6 nitrogen and oxygen atoms in total. The van der Waals surface area contributed by atoms with E-state index in [0.29, 0.717) is 17.9 Å². The number of carbonyl (C=O) groups excluding carboxylic acids is 1. The van der Waals surface area contributed by atoms with E-state index in [1.165, 1.54) is 0 Å². The third-order valence-corrected chi connectivity index (χ3v) is 3.97. The molecule has 0 aromatic carbocycles. The summed E-state index contributed by atoms with van der Waals surface area (Å²) in [5, 5.41) is 2.94. The van der Waals surface area contributed by atoms with Gasteiger partial charge in [0.05, 0.1) is 12.0 Å². The lowest BCUT2D eigenvalue weighted by Crippen LogP contribution is -2.25. The van der Waals surface area contributed by atoms with Gasteiger partial charge in [0.15, 0.2) is 0 Å². The second-order valence-corrected chi connectivity index (χ2v) is 5.72. The van der Waals surface area contributed by atoms with Crippen LogP contribution in [0.2, 0.25) is 0 Å². The molecule has 0 atom stereocenters. The Morgan fingerprint density at radius 2 is 2.16 bits per heavy atom. The fraction of sp³-hybridized carbons (Fsp3) is 0.105. The number of pyridine rings is 2. The van der Waals surface area contributed by atoms with E-state index in [1.54, 1.807) is 23.1 Å². The van der Waals surface area contributed by atoms with Crippen LogP contribution in [0.4, 0.5) is 0 Å². The molecule has 1 amide bonds. The Morgan fingerprint density at radius 3 is 3.00 bits per heavy atom. The number of amides is 1. The van der Waals surface area contributed by atoms with Crippen molar-refractivity contribution in [3.05, 3.63) is 78.2 Å². The van der Waals surface area contributed by atoms with Crippen LogP contribution < -0.4 is 5.32 Å². The van der Waals surface area contributed by atoms with Crippen LogP contribution in [0.5, 0.6) is 0 Å². The highest BCUT2D eigenvalue weighted by Gasteiger charge is 2.16. The summed E-state index contributed by atoms with van der Waals surface area (Å²) >= 11 is 0. The zero-order valence-electron chi connectivity index (χ0n) is 13.6. The van der Waals surface area contributed by atoms with Gasteiger partial charge in [0.25, 0.3) is 5.91 Å². The number of hydrogen-bond donors (Lipinski definition) is 1. The third kappa shape index (κ3) is 2.89. The molecule has 0 aliphatic rings. The molecule has 0 saturated carbocycles. The van der Waals surface area contributed by atoms with Crippen molar-refractivity contribution in [2.24, 2.45) is 0 Å². The minimum Gasteiger partial charge on any atom is -0.464 e. The van der Waals surface area contributed by atoms with Crippen molar-refractivity contribution in [1.29, 1.82) is 0 Å². The molecule has 25 heavy (non-hydrogen) atoms. The van der Waals surface area contributed by atoms with Gasteiger partial charge in [-0.2, -0.15) is 0 Å². The fourth-order valence-electron chi connectivity index (χ4n) is 2.81. The van der Waals surface area contributed by atoms with E-state index in [-0.39, 0.29) is 5.91 Å². The lowest BCUT2D eigenvalue weighted by molar-refractivity contribution is 0.0944. The van der Waals surface area contributed by atoms with Crippen molar-refractivity contribution in [2.45, 2.75) is 13.5 Å². The largest absolute Gasteiger partial charge is 0.464 e. The van der Waals surface area contributed by atoms with Gasteiger partial charge in [0.2, 0.25) is 0 Å². The Balaban J connectivity index is 1.54. The number of furan rings is 1. The number of imidazole rings is 1. The highest BCUT2D eigenvalue weighted by Crippen LogP contribution is 2.19. The minimum absolute atomic E-state index is 0.167. The van der Waals surface area contributed by atoms with E-state index < -0.39 is 0 Å². The van der Waals surface area contributed by atoms with Crippen LogP contribution in [0.15, 0.2) is 65.7 Å². The third-order valence-electron chi connectivity index (χ3n) is 3.97. The first-order chi connectivity index (χ1) is 12.2. The molecule has 0 radical (unpaired) electrons. The van der Waals surface area contributed by atoms with Gasteiger partial charge < -0.3 is 9.73 Å². The molecule has 0 aliphatic carbocycles. The molecular formula is C19H16N4O2. The van der Waals surface area contributed by atoms with Gasteiger partial charge >= 0.3 is 0 Å². The number of fused-ring (bicyclic) bond motifs is 1. The number of hydrogen-bond acceptors (Lipinski definition) is 4. The number of nitrogens with one attached hydrogen (secondary N) is 1. The SMILES string of the molecule is Cc1nc2ccccn2c1C(=O)NCc1cncc(-c2ccco2)c1. The van der Waals surface area contributed by atoms with Crippen molar-refractivity contribution < 1.29 is 9.21 Å². The molecule has 1 N–H and O–H groups in total. The van der Waals surface area contributed by atoms with Gasteiger partial charge in [-0.25, -0.2) is 4.98 Å². The highest BCUT2D eigenvalue weighted by atomic mass is 16.3. The van der Waals surface area contributed by atoms with Crippen LogP contribution in [0, 0.1) is 6.92 Å². The Labute approximate surface area is 144 Å². The van der Waals surface area contributed by atoms with Gasteiger partial charge in [-0.15, -0.1) is 0 Å². The van der Waals surface area contributed by atoms with Gasteiger partial charge in [0, 0.05) is 30.7 Å². The van der Waals surface area contributed by atoms with Crippen molar-refractivity contribution in [1.82, 2.24) is 19.7 Å². The Bertz CT molecular complexity index is 1030. The second-order valence-electron chi connectivity index (χ2n) is 5.72. The van der Waals surface area contributed by atoms with Crippen molar-refractivity contribution in [3.8, 4) is 11.3 Å². The number of aryl methyl sites for hydroxylation is 1. The number of nitrogens with zero attached hydrogens (tertiary/aromatic N) is 3. The first kappa shape index (κ1) is 15.1. The van der Waals surface area contributed by atoms with Crippen LogP contribution in [0.25, 0.3) is 17.0 Å². The Kier molecular flexibility index (Phi) is 3.78. The van der Waals surface area contributed by atoms with Crippen molar-refractivity contribution in [2.75, 3.05) is 0 Å². The van der Waals surface area contributed by atoms with Crippen LogP contribution in [0.1, 0.15) is 21.7 Å². The Morgan fingerprint density at radius 1 is 1.24 bits per heavy atom. The van der Waals surface area contributed by atoms with Gasteiger partial charge in [0.1, 0.15) is 17.1 Å². The van der Waals surface area contributed by atoms with Crippen LogP contribution in [0.3, 0.4) is 0 Å². The average Bonchev–Trinajstić information content (AvgIpc) is 3.27. The average molecular weight is 332 g/mol. The van der Waals surface area contributed by atoms with Crippen LogP contribution in [-0.4, -0.2) is 20.3 Å². The molecular weight excluding hydrogens is 316 g/mol. The minimum atomic E-state index is -0.167. The number of rotatable bonds is 4. The van der Waals surface area contributed by atoms with E-state index in [1.807, 2.05) is 49.5 Å². The topological polar surface area (TPSA) is 72.4 Å². The summed E-state index contributed by atoms with van der Waals surface area (Å²) in [6.07, 6.45) is 6.92. The van der Waals surface area contributed by atoms with E-state index in [9.17, 15) is 4.79 Å². The molecule has 0 aliphatic heterocycles. The number of aromatic nitrogens is 3. The molecule has 0 saturated heterocycles. The normalized spacial score (nSPS) is 10.9. The summed E-state index contributed by atoms with van der Waals surface area (Å²) < 4.78 is 7.18. The quantitative estimate of drug-likeness (QED) is 0.623. The predicted molar refractivity (Wildman–Crippen MR) is 93.0 cm³/mol. The summed E-state index contributed by atoms with van der Waals surface area (Å²) in [5.41, 5.74) is 3.78. The molecule has 0 bridgehead atoms. The first-order valence-electron chi connectivity index (χ1n) is 7.92. The van der Waals surface area contributed by atoms with E-state index in [2.05, 4.69) is 15.3 Å². The zero-order chi connectivity index (χ0) is 17.2. The van der Waals surface area contributed by atoms with Crippen molar-refractivity contribution >= 4 is 11.6 Å². The molecule has 6 heteroatoms. The van der Waals surface area contributed by atoms with Crippen LogP contribution >= 0.6 is 0 Å². The molecule has 0 spiro atoms. The van der Waals surface area contributed by atoms with Crippen LogP contribution in [-0.2, 0) is 6.54 Å². The highest BCUT2D eigenvalue weighted by molar-refractivity contribution is 5.94. The molecule has 0 fully saturated rings. The van der Waals surface area contributed by atoms with E-state index in [4.69, 9.17) is 4.42 Å².